The second-order valence-electron chi connectivity index (χ2n) is 6.09. The number of anilines is 1. The Morgan fingerprint density at radius 2 is 1.21 bits per heavy atom. The van der Waals surface area contributed by atoms with Crippen LogP contribution in [0.1, 0.15) is 0 Å². The topological polar surface area (TPSA) is 30.9 Å². The normalized spacial score (nSPS) is 11.5. The quantitative estimate of drug-likeness (QED) is 0.406. The van der Waals surface area contributed by atoms with Crippen LogP contribution in [0.5, 0.6) is 0 Å². The van der Waals surface area contributed by atoms with Crippen LogP contribution in [0.2, 0.25) is 0 Å². The standard InChI is InChI=1S/C22H16N2/c23-20-11-6-10-18-16(20)13-14-19-17-9-4-5-12-21(17)24(22(18)19)15-7-2-1-3-8-15/h1-14H,23H2. The minimum Gasteiger partial charge on any atom is -0.398 e. The van der Waals surface area contributed by atoms with Crippen molar-refractivity contribution in [3.05, 3.63) is 84.9 Å². The Bertz CT molecular complexity index is 1200. The number of hydrogen-bond acceptors (Lipinski definition) is 1. The number of nitrogen functional groups attached to an aromatic ring is 1. The van der Waals surface area contributed by atoms with E-state index in [4.69, 9.17) is 5.73 Å². The van der Waals surface area contributed by atoms with Crippen LogP contribution in [0.15, 0.2) is 84.9 Å². The van der Waals surface area contributed by atoms with Crippen LogP contribution in [0.3, 0.4) is 0 Å². The largest absolute Gasteiger partial charge is 0.398 e. The van der Waals surface area contributed by atoms with Crippen molar-refractivity contribution in [3.8, 4) is 5.69 Å². The minimum atomic E-state index is 0.819. The fourth-order valence-corrected chi connectivity index (χ4v) is 3.69. The molecule has 24 heavy (non-hydrogen) atoms. The molecule has 4 aromatic carbocycles. The maximum Gasteiger partial charge on any atom is 0.0620 e. The van der Waals surface area contributed by atoms with Gasteiger partial charge in [0.2, 0.25) is 0 Å². The van der Waals surface area contributed by atoms with Crippen LogP contribution in [-0.2, 0) is 0 Å². The molecule has 5 aromatic rings. The number of benzene rings is 4. The lowest BCUT2D eigenvalue weighted by atomic mass is 10.0. The van der Waals surface area contributed by atoms with Crippen LogP contribution >= 0.6 is 0 Å². The summed E-state index contributed by atoms with van der Waals surface area (Å²) in [6.07, 6.45) is 0. The number of rotatable bonds is 1. The minimum absolute atomic E-state index is 0.819. The summed E-state index contributed by atoms with van der Waals surface area (Å²) in [5, 5.41) is 4.81. The molecule has 5 rings (SSSR count). The summed E-state index contributed by atoms with van der Waals surface area (Å²) >= 11 is 0. The van der Waals surface area contributed by atoms with Crippen molar-refractivity contribution in [1.29, 1.82) is 0 Å². The molecule has 0 bridgehead atoms. The van der Waals surface area contributed by atoms with Gasteiger partial charge in [0.15, 0.2) is 0 Å². The first-order valence-electron chi connectivity index (χ1n) is 8.10. The Balaban J connectivity index is 2.10. The van der Waals surface area contributed by atoms with Gasteiger partial charge in [0.25, 0.3) is 0 Å². The van der Waals surface area contributed by atoms with Gasteiger partial charge in [0, 0.05) is 32.9 Å². The molecule has 1 aromatic heterocycles. The van der Waals surface area contributed by atoms with Gasteiger partial charge >= 0.3 is 0 Å². The third-order valence-corrected chi connectivity index (χ3v) is 4.74. The average molecular weight is 308 g/mol. The summed E-state index contributed by atoms with van der Waals surface area (Å²) in [6, 6.07) is 29.5. The van der Waals surface area contributed by atoms with Gasteiger partial charge in [-0.05, 0) is 24.3 Å². The second-order valence-corrected chi connectivity index (χ2v) is 6.09. The van der Waals surface area contributed by atoms with Crippen molar-refractivity contribution in [3.63, 3.8) is 0 Å². The third-order valence-electron chi connectivity index (χ3n) is 4.74. The first kappa shape index (κ1) is 13.2. The molecule has 0 aliphatic rings. The smallest absolute Gasteiger partial charge is 0.0620 e. The highest BCUT2D eigenvalue weighted by Gasteiger charge is 2.14. The van der Waals surface area contributed by atoms with E-state index in [1.807, 2.05) is 18.2 Å². The van der Waals surface area contributed by atoms with Gasteiger partial charge < -0.3 is 10.3 Å². The maximum absolute atomic E-state index is 6.22. The number of nitrogens with two attached hydrogens (primary N) is 1. The van der Waals surface area contributed by atoms with Gasteiger partial charge in [-0.1, -0.05) is 60.7 Å². The maximum atomic E-state index is 6.22. The fourth-order valence-electron chi connectivity index (χ4n) is 3.69. The lowest BCUT2D eigenvalue weighted by molar-refractivity contribution is 1.19. The summed E-state index contributed by atoms with van der Waals surface area (Å²) in [7, 11) is 0. The molecule has 0 atom stereocenters. The number of fused-ring (bicyclic) bond motifs is 5. The summed E-state index contributed by atoms with van der Waals surface area (Å²) in [5.74, 6) is 0. The lowest BCUT2D eigenvalue weighted by Gasteiger charge is -2.10. The number of aromatic nitrogens is 1. The Kier molecular flexibility index (Phi) is 2.68. The van der Waals surface area contributed by atoms with Gasteiger partial charge in [-0.2, -0.15) is 0 Å². The predicted molar refractivity (Wildman–Crippen MR) is 103 cm³/mol. The highest BCUT2D eigenvalue weighted by Crippen LogP contribution is 2.37. The molecule has 2 nitrogen and oxygen atoms in total. The van der Waals surface area contributed by atoms with Crippen LogP contribution < -0.4 is 5.73 Å². The van der Waals surface area contributed by atoms with Crippen molar-refractivity contribution in [2.45, 2.75) is 0 Å². The van der Waals surface area contributed by atoms with E-state index in [2.05, 4.69) is 71.3 Å². The highest BCUT2D eigenvalue weighted by molar-refractivity contribution is 6.20. The van der Waals surface area contributed by atoms with E-state index in [1.165, 1.54) is 32.9 Å². The summed E-state index contributed by atoms with van der Waals surface area (Å²) in [5.41, 5.74) is 10.6. The van der Waals surface area contributed by atoms with Crippen LogP contribution in [-0.4, -0.2) is 4.57 Å². The zero-order valence-corrected chi connectivity index (χ0v) is 13.1. The number of para-hydroxylation sites is 2. The van der Waals surface area contributed by atoms with E-state index in [0.29, 0.717) is 0 Å². The van der Waals surface area contributed by atoms with Gasteiger partial charge in [-0.3, -0.25) is 0 Å². The molecule has 0 saturated heterocycles. The van der Waals surface area contributed by atoms with E-state index < -0.39 is 0 Å². The van der Waals surface area contributed by atoms with E-state index in [1.54, 1.807) is 0 Å². The van der Waals surface area contributed by atoms with Crippen molar-refractivity contribution < 1.29 is 0 Å². The van der Waals surface area contributed by atoms with Crippen molar-refractivity contribution in [2.24, 2.45) is 0 Å². The summed E-state index contributed by atoms with van der Waals surface area (Å²) in [4.78, 5) is 0. The first-order valence-corrected chi connectivity index (χ1v) is 8.10. The van der Waals surface area contributed by atoms with Gasteiger partial charge in [-0.15, -0.1) is 0 Å². The van der Waals surface area contributed by atoms with Crippen LogP contribution in [0.25, 0.3) is 38.3 Å². The Morgan fingerprint density at radius 1 is 0.542 bits per heavy atom. The zero-order valence-electron chi connectivity index (χ0n) is 13.1. The fraction of sp³-hybridized carbons (Fsp3) is 0. The van der Waals surface area contributed by atoms with E-state index in [-0.39, 0.29) is 0 Å². The summed E-state index contributed by atoms with van der Waals surface area (Å²) < 4.78 is 2.34. The average Bonchev–Trinajstić information content (AvgIpc) is 2.98. The highest BCUT2D eigenvalue weighted by atomic mass is 15.0. The van der Waals surface area contributed by atoms with Crippen molar-refractivity contribution in [2.75, 3.05) is 5.73 Å². The second kappa shape index (κ2) is 4.87. The molecule has 114 valence electrons. The first-order chi connectivity index (χ1) is 11.8. The Labute approximate surface area is 139 Å². The Morgan fingerprint density at radius 3 is 2.08 bits per heavy atom. The van der Waals surface area contributed by atoms with E-state index in [9.17, 15) is 0 Å². The van der Waals surface area contributed by atoms with Gasteiger partial charge in [0.1, 0.15) is 0 Å². The molecule has 0 aliphatic heterocycles. The van der Waals surface area contributed by atoms with Crippen LogP contribution in [0.4, 0.5) is 5.69 Å². The predicted octanol–water partition coefficient (Wildman–Crippen LogP) is 5.52. The van der Waals surface area contributed by atoms with Gasteiger partial charge in [-0.25, -0.2) is 0 Å². The molecular weight excluding hydrogens is 292 g/mol. The molecule has 0 saturated carbocycles. The lowest BCUT2D eigenvalue weighted by Crippen LogP contribution is -1.94. The number of hydrogen-bond donors (Lipinski definition) is 1. The Hall–Kier alpha value is -3.26. The third kappa shape index (κ3) is 1.71. The number of nitrogens with zero attached hydrogens (tertiary/aromatic N) is 1. The molecule has 2 heteroatoms. The SMILES string of the molecule is Nc1cccc2c1ccc1c3ccccc3n(-c3ccccc3)c21. The molecular formula is C22H16N2. The summed E-state index contributed by atoms with van der Waals surface area (Å²) in [6.45, 7) is 0. The molecule has 2 N–H and O–H groups in total. The van der Waals surface area contributed by atoms with Crippen LogP contribution in [0, 0.1) is 0 Å². The van der Waals surface area contributed by atoms with E-state index in [0.717, 1.165) is 11.1 Å². The van der Waals surface area contributed by atoms with Crippen molar-refractivity contribution >= 4 is 38.3 Å². The molecule has 0 aliphatic carbocycles. The molecule has 0 spiro atoms. The van der Waals surface area contributed by atoms with Gasteiger partial charge in [0.05, 0.1) is 11.0 Å². The van der Waals surface area contributed by atoms with E-state index >= 15 is 0 Å². The molecule has 1 heterocycles. The molecule has 0 amide bonds. The zero-order chi connectivity index (χ0) is 16.1. The molecule has 0 unspecified atom stereocenters. The molecule has 0 fully saturated rings. The monoisotopic (exact) mass is 308 g/mol. The molecule has 0 radical (unpaired) electrons. The van der Waals surface area contributed by atoms with Crippen molar-refractivity contribution in [1.82, 2.24) is 4.57 Å².